The average molecular weight is 362 g/mol. The van der Waals surface area contributed by atoms with E-state index in [4.69, 9.17) is 5.73 Å². The summed E-state index contributed by atoms with van der Waals surface area (Å²) in [7, 11) is 0. The molecule has 2 aromatic carbocycles. The zero-order valence-electron chi connectivity index (χ0n) is 15.0. The molecule has 1 saturated carbocycles. The van der Waals surface area contributed by atoms with Crippen LogP contribution in [0.4, 0.5) is 0 Å². The summed E-state index contributed by atoms with van der Waals surface area (Å²) in [5, 5.41) is 2.86. The lowest BCUT2D eigenvalue weighted by Gasteiger charge is -2.29. The molecule has 5 nitrogen and oxygen atoms in total. The van der Waals surface area contributed by atoms with E-state index in [1.807, 2.05) is 48.5 Å². The maximum absolute atomic E-state index is 13.2. The van der Waals surface area contributed by atoms with Gasteiger partial charge in [-0.15, -0.1) is 0 Å². The van der Waals surface area contributed by atoms with Crippen molar-refractivity contribution in [1.29, 1.82) is 0 Å². The van der Waals surface area contributed by atoms with Crippen LogP contribution in [-0.2, 0) is 14.4 Å². The molecule has 0 saturated heterocycles. The first kappa shape index (κ1) is 17.5. The lowest BCUT2D eigenvalue weighted by Crippen LogP contribution is -2.51. The number of Topliss-reactive ketones (excluding diaryl/α,β-unsaturated/α-hetero) is 1. The van der Waals surface area contributed by atoms with Crippen LogP contribution < -0.4 is 11.1 Å². The topological polar surface area (TPSA) is 89.3 Å². The van der Waals surface area contributed by atoms with Gasteiger partial charge in [0, 0.05) is 12.8 Å². The van der Waals surface area contributed by atoms with Gasteiger partial charge in [-0.1, -0.05) is 48.5 Å². The summed E-state index contributed by atoms with van der Waals surface area (Å²) in [6.07, 6.45) is 2.29. The van der Waals surface area contributed by atoms with Crippen LogP contribution in [0.1, 0.15) is 42.7 Å². The number of benzene rings is 2. The summed E-state index contributed by atoms with van der Waals surface area (Å²) >= 11 is 0. The summed E-state index contributed by atoms with van der Waals surface area (Å²) in [5.41, 5.74) is 9.52. The minimum Gasteiger partial charge on any atom is -0.368 e. The molecule has 27 heavy (non-hydrogen) atoms. The smallest absolute Gasteiger partial charge is 0.240 e. The molecule has 0 aliphatic heterocycles. The van der Waals surface area contributed by atoms with Gasteiger partial charge < -0.3 is 11.1 Å². The molecule has 138 valence electrons. The molecule has 4 rings (SSSR count). The molecule has 0 aromatic heterocycles. The maximum Gasteiger partial charge on any atom is 0.240 e. The first-order chi connectivity index (χ1) is 13.1. The molecule has 0 spiro atoms. The Hall–Kier alpha value is -2.95. The number of amides is 2. The van der Waals surface area contributed by atoms with E-state index >= 15 is 0 Å². The number of hydrogen-bond donors (Lipinski definition) is 2. The molecule has 2 aliphatic rings. The summed E-state index contributed by atoms with van der Waals surface area (Å²) in [6, 6.07) is 14.8. The van der Waals surface area contributed by atoms with Gasteiger partial charge in [-0.05, 0) is 41.0 Å². The van der Waals surface area contributed by atoms with Crippen LogP contribution in [0.25, 0.3) is 11.1 Å². The monoisotopic (exact) mass is 362 g/mol. The Bertz CT molecular complexity index is 876. The van der Waals surface area contributed by atoms with Gasteiger partial charge in [-0.25, -0.2) is 0 Å². The summed E-state index contributed by atoms with van der Waals surface area (Å²) in [4.78, 5) is 37.1. The predicted molar refractivity (Wildman–Crippen MR) is 102 cm³/mol. The number of rotatable bonds is 4. The van der Waals surface area contributed by atoms with Crippen LogP contribution in [0.3, 0.4) is 0 Å². The van der Waals surface area contributed by atoms with E-state index < -0.39 is 17.9 Å². The Morgan fingerprint density at radius 3 is 2.15 bits per heavy atom. The first-order valence-electron chi connectivity index (χ1n) is 9.36. The second kappa shape index (κ2) is 6.99. The van der Waals surface area contributed by atoms with Gasteiger partial charge in [0.1, 0.15) is 11.8 Å². The van der Waals surface area contributed by atoms with E-state index in [9.17, 15) is 14.4 Å². The van der Waals surface area contributed by atoms with Gasteiger partial charge in [-0.3, -0.25) is 14.4 Å². The lowest BCUT2D eigenvalue weighted by atomic mass is 9.82. The quantitative estimate of drug-likeness (QED) is 0.876. The summed E-state index contributed by atoms with van der Waals surface area (Å²) < 4.78 is 0. The SMILES string of the molecule is NC(=O)[C@H](NC(=O)C1c2ccccc2-c2ccccc21)[C@H]1CCCC(=O)C1. The highest BCUT2D eigenvalue weighted by atomic mass is 16.2. The molecule has 5 heteroatoms. The average Bonchev–Trinajstić information content (AvgIpc) is 3.00. The number of carbonyl (C=O) groups is 3. The Labute approximate surface area is 158 Å². The van der Waals surface area contributed by atoms with Crippen molar-refractivity contribution in [3.05, 3.63) is 59.7 Å². The molecule has 2 amide bonds. The number of carbonyl (C=O) groups excluding carboxylic acids is 3. The van der Waals surface area contributed by atoms with Gasteiger partial charge in [0.25, 0.3) is 0 Å². The van der Waals surface area contributed by atoms with Crippen molar-refractivity contribution in [3.63, 3.8) is 0 Å². The molecule has 0 bridgehead atoms. The van der Waals surface area contributed by atoms with Gasteiger partial charge in [0.15, 0.2) is 0 Å². The van der Waals surface area contributed by atoms with E-state index in [0.29, 0.717) is 12.8 Å². The van der Waals surface area contributed by atoms with Gasteiger partial charge in [0.05, 0.1) is 5.92 Å². The lowest BCUT2D eigenvalue weighted by molar-refractivity contribution is -0.130. The molecule has 2 atom stereocenters. The fourth-order valence-corrected chi connectivity index (χ4v) is 4.44. The molecule has 2 aromatic rings. The number of ketones is 1. The van der Waals surface area contributed by atoms with Crippen LogP contribution in [-0.4, -0.2) is 23.6 Å². The zero-order chi connectivity index (χ0) is 19.0. The third-order valence-corrected chi connectivity index (χ3v) is 5.69. The number of nitrogens with one attached hydrogen (secondary N) is 1. The van der Waals surface area contributed by atoms with Gasteiger partial charge in [0.2, 0.25) is 11.8 Å². The molecular formula is C22H22N2O3. The third kappa shape index (κ3) is 3.14. The molecule has 2 aliphatic carbocycles. The fraction of sp³-hybridized carbons (Fsp3) is 0.318. The maximum atomic E-state index is 13.2. The highest BCUT2D eigenvalue weighted by molar-refractivity contribution is 5.98. The number of nitrogens with two attached hydrogens (primary N) is 1. The molecule has 0 heterocycles. The normalized spacial score (nSPS) is 19.9. The van der Waals surface area contributed by atoms with E-state index in [1.54, 1.807) is 0 Å². The highest BCUT2D eigenvalue weighted by Crippen LogP contribution is 2.44. The van der Waals surface area contributed by atoms with E-state index in [1.165, 1.54) is 0 Å². The minimum absolute atomic E-state index is 0.128. The largest absolute Gasteiger partial charge is 0.368 e. The van der Waals surface area contributed by atoms with Crippen LogP contribution >= 0.6 is 0 Å². The molecular weight excluding hydrogens is 340 g/mol. The standard InChI is InChI=1S/C22H22N2O3/c23-21(26)20(13-6-5-7-14(25)12-13)24-22(27)19-17-10-3-1-8-15(17)16-9-2-4-11-18(16)19/h1-4,8-11,13,19-20H,5-7,12H2,(H2,23,26)(H,24,27)/t13-,20+/m0/s1. The molecule has 1 fully saturated rings. The second-order valence-corrected chi connectivity index (χ2v) is 7.39. The molecule has 0 radical (unpaired) electrons. The Morgan fingerprint density at radius 2 is 1.59 bits per heavy atom. The summed E-state index contributed by atoms with van der Waals surface area (Å²) in [5.74, 6) is -1.39. The van der Waals surface area contributed by atoms with Crippen molar-refractivity contribution in [1.82, 2.24) is 5.32 Å². The van der Waals surface area contributed by atoms with Crippen molar-refractivity contribution in [3.8, 4) is 11.1 Å². The Balaban J connectivity index is 1.64. The van der Waals surface area contributed by atoms with Crippen LogP contribution in [0.2, 0.25) is 0 Å². The van der Waals surface area contributed by atoms with Gasteiger partial charge >= 0.3 is 0 Å². The van der Waals surface area contributed by atoms with E-state index in [-0.39, 0.29) is 17.6 Å². The first-order valence-corrected chi connectivity index (χ1v) is 9.36. The third-order valence-electron chi connectivity index (χ3n) is 5.69. The van der Waals surface area contributed by atoms with Crippen LogP contribution in [0.15, 0.2) is 48.5 Å². The minimum atomic E-state index is -0.818. The number of primary amides is 1. The fourth-order valence-electron chi connectivity index (χ4n) is 4.44. The Morgan fingerprint density at radius 1 is 1.00 bits per heavy atom. The Kier molecular flexibility index (Phi) is 4.52. The van der Waals surface area contributed by atoms with Crippen LogP contribution in [0.5, 0.6) is 0 Å². The van der Waals surface area contributed by atoms with Crippen LogP contribution in [0, 0.1) is 5.92 Å². The number of hydrogen-bond acceptors (Lipinski definition) is 3. The zero-order valence-corrected chi connectivity index (χ0v) is 15.0. The highest BCUT2D eigenvalue weighted by Gasteiger charge is 2.37. The van der Waals surface area contributed by atoms with Crippen molar-refractivity contribution >= 4 is 17.6 Å². The number of fused-ring (bicyclic) bond motifs is 3. The van der Waals surface area contributed by atoms with Crippen molar-refractivity contribution in [2.45, 2.75) is 37.6 Å². The van der Waals surface area contributed by atoms with Crippen molar-refractivity contribution in [2.24, 2.45) is 11.7 Å². The van der Waals surface area contributed by atoms with E-state index in [2.05, 4.69) is 5.32 Å². The molecule has 3 N–H and O–H groups in total. The van der Waals surface area contributed by atoms with Crippen molar-refractivity contribution in [2.75, 3.05) is 0 Å². The van der Waals surface area contributed by atoms with Crippen molar-refractivity contribution < 1.29 is 14.4 Å². The van der Waals surface area contributed by atoms with E-state index in [0.717, 1.165) is 35.1 Å². The predicted octanol–water partition coefficient (Wildman–Crippen LogP) is 2.53. The molecule has 0 unspecified atom stereocenters. The second-order valence-electron chi connectivity index (χ2n) is 7.39. The van der Waals surface area contributed by atoms with Gasteiger partial charge in [-0.2, -0.15) is 0 Å². The summed E-state index contributed by atoms with van der Waals surface area (Å²) in [6.45, 7) is 0.